The number of carbonyl (C=O) groups is 1. The molecule has 0 bridgehead atoms. The van der Waals surface area contributed by atoms with E-state index in [9.17, 15) is 14.9 Å². The van der Waals surface area contributed by atoms with E-state index in [0.717, 1.165) is 0 Å². The molecular formula is C14H18BNO5. The van der Waals surface area contributed by atoms with Crippen LogP contribution in [0.15, 0.2) is 18.2 Å². The highest BCUT2D eigenvalue weighted by Gasteiger charge is 2.50. The van der Waals surface area contributed by atoms with E-state index >= 15 is 0 Å². The van der Waals surface area contributed by atoms with Crippen molar-refractivity contribution in [2.24, 2.45) is 0 Å². The van der Waals surface area contributed by atoms with Crippen LogP contribution in [-0.2, 0) is 15.6 Å². The number of aldehydes is 1. The molecule has 0 radical (unpaired) electrons. The maximum absolute atomic E-state index is 11.0. The minimum Gasteiger partial charge on any atom is -0.403 e. The summed E-state index contributed by atoms with van der Waals surface area (Å²) >= 11 is 0. The SMILES string of the molecule is CC1(C)OB(Cc2ccc(C=O)c([N+](=O)[O-])c2)OC1(C)C. The van der Waals surface area contributed by atoms with Crippen molar-refractivity contribution in [2.45, 2.75) is 45.2 Å². The maximum atomic E-state index is 11.0. The molecule has 1 aromatic rings. The lowest BCUT2D eigenvalue weighted by atomic mass is 9.80. The van der Waals surface area contributed by atoms with Crippen molar-refractivity contribution in [3.8, 4) is 0 Å². The molecule has 1 fully saturated rings. The Bertz CT molecular complexity index is 569. The second kappa shape index (κ2) is 5.24. The van der Waals surface area contributed by atoms with E-state index in [0.29, 0.717) is 18.2 Å². The Balaban J connectivity index is 2.20. The van der Waals surface area contributed by atoms with Gasteiger partial charge in [0.1, 0.15) is 0 Å². The summed E-state index contributed by atoms with van der Waals surface area (Å²) in [7, 11) is -0.461. The van der Waals surface area contributed by atoms with Crippen molar-refractivity contribution < 1.29 is 19.0 Å². The molecule has 7 heteroatoms. The second-order valence-corrected chi connectivity index (χ2v) is 6.16. The zero-order chi connectivity index (χ0) is 15.8. The summed E-state index contributed by atoms with van der Waals surface area (Å²) in [6.45, 7) is 7.80. The highest BCUT2D eigenvalue weighted by atomic mass is 16.7. The smallest absolute Gasteiger partial charge is 0.403 e. The van der Waals surface area contributed by atoms with Crippen molar-refractivity contribution in [3.05, 3.63) is 39.4 Å². The monoisotopic (exact) mass is 291 g/mol. The summed E-state index contributed by atoms with van der Waals surface area (Å²) in [6, 6.07) is 4.53. The van der Waals surface area contributed by atoms with Gasteiger partial charge < -0.3 is 9.31 Å². The number of hydrogen-bond donors (Lipinski definition) is 0. The molecule has 0 aliphatic carbocycles. The number of carbonyl (C=O) groups excluding carboxylic acids is 1. The van der Waals surface area contributed by atoms with E-state index in [1.807, 2.05) is 27.7 Å². The maximum Gasteiger partial charge on any atom is 0.462 e. The number of nitro benzene ring substituents is 1. The van der Waals surface area contributed by atoms with Crippen molar-refractivity contribution in [3.63, 3.8) is 0 Å². The van der Waals surface area contributed by atoms with Crippen LogP contribution in [0.2, 0.25) is 0 Å². The Hall–Kier alpha value is -1.73. The Morgan fingerprint density at radius 1 is 1.24 bits per heavy atom. The molecule has 112 valence electrons. The van der Waals surface area contributed by atoms with Gasteiger partial charge in [0, 0.05) is 12.4 Å². The quantitative estimate of drug-likeness (QED) is 0.369. The van der Waals surface area contributed by atoms with Crippen LogP contribution in [-0.4, -0.2) is 29.5 Å². The van der Waals surface area contributed by atoms with E-state index < -0.39 is 23.2 Å². The molecule has 2 rings (SSSR count). The van der Waals surface area contributed by atoms with Gasteiger partial charge in [-0.1, -0.05) is 6.07 Å². The molecule has 1 aliphatic rings. The molecule has 0 N–H and O–H groups in total. The number of hydrogen-bond acceptors (Lipinski definition) is 5. The Morgan fingerprint density at radius 2 is 1.81 bits per heavy atom. The van der Waals surface area contributed by atoms with Gasteiger partial charge in [0.15, 0.2) is 6.29 Å². The van der Waals surface area contributed by atoms with Gasteiger partial charge in [-0.2, -0.15) is 0 Å². The zero-order valence-electron chi connectivity index (χ0n) is 12.6. The van der Waals surface area contributed by atoms with Crippen LogP contribution in [0.5, 0.6) is 0 Å². The van der Waals surface area contributed by atoms with Crippen molar-refractivity contribution in [2.75, 3.05) is 0 Å². The molecule has 1 aliphatic heterocycles. The van der Waals surface area contributed by atoms with Gasteiger partial charge in [-0.15, -0.1) is 0 Å². The van der Waals surface area contributed by atoms with E-state index in [-0.39, 0.29) is 11.3 Å². The molecule has 0 atom stereocenters. The molecule has 0 unspecified atom stereocenters. The topological polar surface area (TPSA) is 78.7 Å². The lowest BCUT2D eigenvalue weighted by Crippen LogP contribution is -2.41. The fourth-order valence-corrected chi connectivity index (χ4v) is 2.21. The zero-order valence-corrected chi connectivity index (χ0v) is 12.6. The molecule has 0 aromatic heterocycles. The van der Waals surface area contributed by atoms with Crippen LogP contribution in [0.3, 0.4) is 0 Å². The summed E-state index contributed by atoms with van der Waals surface area (Å²) < 4.78 is 11.7. The molecule has 6 nitrogen and oxygen atoms in total. The number of rotatable bonds is 4. The van der Waals surface area contributed by atoms with Crippen LogP contribution in [0.1, 0.15) is 43.6 Å². The first-order valence-electron chi connectivity index (χ1n) is 6.74. The summed E-state index contributed by atoms with van der Waals surface area (Å²) in [5, 5.41) is 11.0. The fourth-order valence-electron chi connectivity index (χ4n) is 2.21. The van der Waals surface area contributed by atoms with E-state index in [4.69, 9.17) is 9.31 Å². The van der Waals surface area contributed by atoms with Crippen molar-refractivity contribution >= 4 is 19.1 Å². The van der Waals surface area contributed by atoms with E-state index in [2.05, 4.69) is 0 Å². The van der Waals surface area contributed by atoms with E-state index in [1.165, 1.54) is 12.1 Å². The molecular weight excluding hydrogens is 273 g/mol. The molecule has 21 heavy (non-hydrogen) atoms. The third-order valence-electron chi connectivity index (χ3n) is 4.12. The second-order valence-electron chi connectivity index (χ2n) is 6.16. The Kier molecular flexibility index (Phi) is 3.90. The average molecular weight is 291 g/mol. The molecule has 0 saturated carbocycles. The van der Waals surface area contributed by atoms with Gasteiger partial charge in [0.05, 0.1) is 21.7 Å². The van der Waals surface area contributed by atoms with Crippen LogP contribution in [0.4, 0.5) is 5.69 Å². The lowest BCUT2D eigenvalue weighted by molar-refractivity contribution is -0.385. The minimum atomic E-state index is -0.558. The van der Waals surface area contributed by atoms with Crippen LogP contribution < -0.4 is 0 Å². The highest BCUT2D eigenvalue weighted by Crippen LogP contribution is 2.37. The summed E-state index contributed by atoms with van der Waals surface area (Å²) in [4.78, 5) is 21.2. The van der Waals surface area contributed by atoms with Gasteiger partial charge in [0.25, 0.3) is 5.69 Å². The fraction of sp³-hybridized carbons (Fsp3) is 0.500. The van der Waals surface area contributed by atoms with Gasteiger partial charge >= 0.3 is 7.12 Å². The third-order valence-corrected chi connectivity index (χ3v) is 4.12. The number of nitrogens with zero attached hydrogens (tertiary/aromatic N) is 1. The molecule has 1 heterocycles. The largest absolute Gasteiger partial charge is 0.462 e. The average Bonchev–Trinajstić information content (AvgIpc) is 2.57. The Morgan fingerprint density at radius 3 is 2.29 bits per heavy atom. The standard InChI is InChI=1S/C14H18BNO5/c1-13(2)14(3,4)21-15(20-13)8-10-5-6-11(9-17)12(7-10)16(18)19/h5-7,9H,8H2,1-4H3. The number of benzene rings is 1. The lowest BCUT2D eigenvalue weighted by Gasteiger charge is -2.32. The molecule has 0 spiro atoms. The first kappa shape index (κ1) is 15.7. The van der Waals surface area contributed by atoms with Gasteiger partial charge in [-0.25, -0.2) is 0 Å². The predicted molar refractivity (Wildman–Crippen MR) is 78.3 cm³/mol. The first-order valence-corrected chi connectivity index (χ1v) is 6.74. The van der Waals surface area contributed by atoms with E-state index in [1.54, 1.807) is 6.07 Å². The first-order chi connectivity index (χ1) is 9.66. The van der Waals surface area contributed by atoms with Gasteiger partial charge in [-0.3, -0.25) is 14.9 Å². The summed E-state index contributed by atoms with van der Waals surface area (Å²) in [5.41, 5.74) is -0.305. The van der Waals surface area contributed by atoms with Crippen LogP contribution >= 0.6 is 0 Å². The summed E-state index contributed by atoms with van der Waals surface area (Å²) in [5.74, 6) is 0. The summed E-state index contributed by atoms with van der Waals surface area (Å²) in [6.07, 6.45) is 0.879. The number of nitro groups is 1. The molecule has 1 aromatic carbocycles. The predicted octanol–water partition coefficient (Wildman–Crippen LogP) is 2.58. The van der Waals surface area contributed by atoms with Gasteiger partial charge in [0.2, 0.25) is 0 Å². The highest BCUT2D eigenvalue weighted by molar-refractivity contribution is 6.45. The van der Waals surface area contributed by atoms with Gasteiger partial charge in [-0.05, 0) is 39.3 Å². The minimum absolute atomic E-state index is 0.0673. The van der Waals surface area contributed by atoms with Crippen LogP contribution in [0, 0.1) is 10.1 Å². The van der Waals surface area contributed by atoms with Crippen molar-refractivity contribution in [1.29, 1.82) is 0 Å². The normalized spacial score (nSPS) is 19.5. The molecule has 1 saturated heterocycles. The van der Waals surface area contributed by atoms with Crippen LogP contribution in [0.25, 0.3) is 0 Å². The third kappa shape index (κ3) is 2.98. The molecule has 0 amide bonds. The van der Waals surface area contributed by atoms with Crippen molar-refractivity contribution in [1.82, 2.24) is 0 Å². The Labute approximate surface area is 123 Å².